The number of nitrogens with one attached hydrogen (secondary N) is 1. The van der Waals surface area contributed by atoms with E-state index in [1.165, 1.54) is 10.4 Å². The first-order chi connectivity index (χ1) is 14.9. The number of aryl methyl sites for hydroxylation is 1. The van der Waals surface area contributed by atoms with Gasteiger partial charge in [-0.05, 0) is 49.4 Å². The van der Waals surface area contributed by atoms with Crippen LogP contribution >= 0.6 is 0 Å². The fourth-order valence-corrected chi connectivity index (χ4v) is 6.52. The van der Waals surface area contributed by atoms with Crippen molar-refractivity contribution in [2.24, 2.45) is 0 Å². The maximum Gasteiger partial charge on any atom is 0.262 e. The lowest BCUT2D eigenvalue weighted by atomic mass is 10.1. The summed E-state index contributed by atoms with van der Waals surface area (Å²) in [4.78, 5) is 26.8. The molecule has 1 atom stereocenters. The minimum Gasteiger partial charge on any atom is -0.482 e. The smallest absolute Gasteiger partial charge is 0.262 e. The third-order valence-electron chi connectivity index (χ3n) is 6.14. The van der Waals surface area contributed by atoms with Gasteiger partial charge in [0.2, 0.25) is 15.9 Å². The molecule has 0 bridgehead atoms. The van der Waals surface area contributed by atoms with E-state index in [4.69, 9.17) is 4.74 Å². The SMILES string of the molecule is Cc1cc2c(cc1S(=O)(=O)N1CCCC1C(=O)N1CCc3ccccc31)OCC(=O)N2. The molecule has 1 fully saturated rings. The summed E-state index contributed by atoms with van der Waals surface area (Å²) in [6.45, 7) is 2.38. The van der Waals surface area contributed by atoms with Crippen molar-refractivity contribution >= 4 is 33.2 Å². The fourth-order valence-electron chi connectivity index (χ4n) is 4.64. The topological polar surface area (TPSA) is 96.0 Å². The van der Waals surface area contributed by atoms with Crippen LogP contribution in [0.2, 0.25) is 0 Å². The van der Waals surface area contributed by atoms with E-state index in [0.29, 0.717) is 42.9 Å². The van der Waals surface area contributed by atoms with E-state index in [0.717, 1.165) is 17.7 Å². The van der Waals surface area contributed by atoms with E-state index in [1.54, 1.807) is 17.9 Å². The maximum atomic E-state index is 13.6. The fraction of sp³-hybridized carbons (Fsp3) is 0.364. The molecule has 8 nitrogen and oxygen atoms in total. The molecule has 31 heavy (non-hydrogen) atoms. The summed E-state index contributed by atoms with van der Waals surface area (Å²) >= 11 is 0. The van der Waals surface area contributed by atoms with Crippen LogP contribution in [0.1, 0.15) is 24.0 Å². The molecule has 2 aromatic rings. The van der Waals surface area contributed by atoms with Gasteiger partial charge in [0.25, 0.3) is 5.91 Å². The summed E-state index contributed by atoms with van der Waals surface area (Å²) in [5, 5.41) is 2.69. The Morgan fingerprint density at radius 2 is 2.00 bits per heavy atom. The second-order valence-electron chi connectivity index (χ2n) is 8.09. The van der Waals surface area contributed by atoms with Crippen molar-refractivity contribution in [2.75, 3.05) is 29.9 Å². The highest BCUT2D eigenvalue weighted by Gasteiger charge is 2.43. The Labute approximate surface area is 180 Å². The van der Waals surface area contributed by atoms with E-state index in [2.05, 4.69) is 5.32 Å². The number of anilines is 2. The minimum atomic E-state index is -3.92. The molecule has 5 rings (SSSR count). The molecule has 1 N–H and O–H groups in total. The largest absolute Gasteiger partial charge is 0.482 e. The number of sulfonamides is 1. The van der Waals surface area contributed by atoms with Gasteiger partial charge in [0.05, 0.1) is 10.6 Å². The van der Waals surface area contributed by atoms with Crippen molar-refractivity contribution in [3.05, 3.63) is 47.5 Å². The molecule has 0 spiro atoms. The number of carbonyl (C=O) groups excluding carboxylic acids is 2. The molecule has 0 saturated carbocycles. The molecule has 3 aliphatic rings. The molecule has 0 aromatic heterocycles. The monoisotopic (exact) mass is 441 g/mol. The zero-order valence-corrected chi connectivity index (χ0v) is 17.9. The lowest BCUT2D eigenvalue weighted by Gasteiger charge is -2.28. The van der Waals surface area contributed by atoms with Crippen LogP contribution in [0.4, 0.5) is 11.4 Å². The zero-order valence-electron chi connectivity index (χ0n) is 17.1. The van der Waals surface area contributed by atoms with E-state index in [-0.39, 0.29) is 23.3 Å². The Hall–Kier alpha value is -2.91. The van der Waals surface area contributed by atoms with Crippen LogP contribution in [0.25, 0.3) is 0 Å². The van der Waals surface area contributed by atoms with Gasteiger partial charge >= 0.3 is 0 Å². The van der Waals surface area contributed by atoms with Crippen LogP contribution in [-0.4, -0.2) is 50.3 Å². The third kappa shape index (κ3) is 3.28. The van der Waals surface area contributed by atoms with Crippen LogP contribution in [0, 0.1) is 6.92 Å². The molecule has 162 valence electrons. The highest BCUT2D eigenvalue weighted by atomic mass is 32.2. The third-order valence-corrected chi connectivity index (χ3v) is 8.19. The lowest BCUT2D eigenvalue weighted by molar-refractivity contribution is -0.121. The number of nitrogens with zero attached hydrogens (tertiary/aromatic N) is 2. The maximum absolute atomic E-state index is 13.6. The Balaban J connectivity index is 1.47. The number of carbonyl (C=O) groups is 2. The van der Waals surface area contributed by atoms with Gasteiger partial charge in [-0.3, -0.25) is 9.59 Å². The highest BCUT2D eigenvalue weighted by molar-refractivity contribution is 7.89. The molecular weight excluding hydrogens is 418 g/mol. The number of hydrogen-bond donors (Lipinski definition) is 1. The summed E-state index contributed by atoms with van der Waals surface area (Å²) in [5.74, 6) is -0.136. The lowest BCUT2D eigenvalue weighted by Crippen LogP contribution is -2.47. The van der Waals surface area contributed by atoms with Crippen molar-refractivity contribution in [1.29, 1.82) is 0 Å². The summed E-state index contributed by atoms with van der Waals surface area (Å²) in [6.07, 6.45) is 1.89. The predicted molar refractivity (Wildman–Crippen MR) is 115 cm³/mol. The van der Waals surface area contributed by atoms with Crippen molar-refractivity contribution in [2.45, 2.75) is 37.1 Å². The molecule has 9 heteroatoms. The van der Waals surface area contributed by atoms with Crippen molar-refractivity contribution in [3.8, 4) is 5.75 Å². The van der Waals surface area contributed by atoms with Gasteiger partial charge in [0.1, 0.15) is 11.8 Å². The van der Waals surface area contributed by atoms with Crippen LogP contribution in [0.5, 0.6) is 5.75 Å². The number of rotatable bonds is 3. The summed E-state index contributed by atoms with van der Waals surface area (Å²) in [5.41, 5.74) is 2.92. The Morgan fingerprint density at radius 1 is 1.19 bits per heavy atom. The van der Waals surface area contributed by atoms with Gasteiger partial charge in [0, 0.05) is 24.8 Å². The first-order valence-electron chi connectivity index (χ1n) is 10.3. The summed E-state index contributed by atoms with van der Waals surface area (Å²) < 4.78 is 33.9. The Bertz CT molecular complexity index is 1190. The molecule has 0 aliphatic carbocycles. The molecule has 3 aliphatic heterocycles. The van der Waals surface area contributed by atoms with E-state index in [9.17, 15) is 18.0 Å². The molecular formula is C22H23N3O5S. The number of amides is 2. The molecule has 2 aromatic carbocycles. The normalized spacial score (nSPS) is 20.7. The van der Waals surface area contributed by atoms with Gasteiger partial charge in [-0.1, -0.05) is 18.2 Å². The minimum absolute atomic E-state index is 0.101. The average Bonchev–Trinajstić information content (AvgIpc) is 3.40. The number of benzene rings is 2. The van der Waals surface area contributed by atoms with Crippen molar-refractivity contribution in [1.82, 2.24) is 4.31 Å². The van der Waals surface area contributed by atoms with Crippen LogP contribution in [0.15, 0.2) is 41.3 Å². The van der Waals surface area contributed by atoms with E-state index < -0.39 is 16.1 Å². The van der Waals surface area contributed by atoms with Crippen molar-refractivity contribution < 1.29 is 22.7 Å². The molecule has 1 unspecified atom stereocenters. The summed E-state index contributed by atoms with van der Waals surface area (Å²) in [6, 6.07) is 10.1. The van der Waals surface area contributed by atoms with Crippen LogP contribution in [-0.2, 0) is 26.0 Å². The highest BCUT2D eigenvalue weighted by Crippen LogP contribution is 2.37. The van der Waals surface area contributed by atoms with Crippen LogP contribution in [0.3, 0.4) is 0 Å². The van der Waals surface area contributed by atoms with Gasteiger partial charge in [-0.25, -0.2) is 8.42 Å². The van der Waals surface area contributed by atoms with Crippen molar-refractivity contribution in [3.63, 3.8) is 0 Å². The Morgan fingerprint density at radius 3 is 2.84 bits per heavy atom. The predicted octanol–water partition coefficient (Wildman–Crippen LogP) is 2.07. The second kappa shape index (κ2) is 7.35. The second-order valence-corrected chi connectivity index (χ2v) is 9.95. The van der Waals surface area contributed by atoms with E-state index >= 15 is 0 Å². The molecule has 0 radical (unpaired) electrons. The number of hydrogen-bond acceptors (Lipinski definition) is 5. The molecule has 1 saturated heterocycles. The molecule has 2 amide bonds. The zero-order chi connectivity index (χ0) is 21.8. The van der Waals surface area contributed by atoms with Gasteiger partial charge in [-0.2, -0.15) is 4.31 Å². The van der Waals surface area contributed by atoms with E-state index in [1.807, 2.05) is 24.3 Å². The number of fused-ring (bicyclic) bond motifs is 2. The Kier molecular flexibility index (Phi) is 4.75. The quantitative estimate of drug-likeness (QED) is 0.787. The summed E-state index contributed by atoms with van der Waals surface area (Å²) in [7, 11) is -3.92. The number of ether oxygens (including phenoxy) is 1. The average molecular weight is 442 g/mol. The van der Waals surface area contributed by atoms with Gasteiger partial charge in [-0.15, -0.1) is 0 Å². The molecule has 3 heterocycles. The standard InChI is InChI=1S/C22H23N3O5S/c1-14-11-16-19(30-13-21(26)23-16)12-20(14)31(28,29)25-9-4-7-18(25)22(27)24-10-8-15-5-2-3-6-17(15)24/h2-3,5-6,11-12,18H,4,7-10,13H2,1H3,(H,23,26). The van der Waals surface area contributed by atoms with Gasteiger partial charge < -0.3 is 15.0 Å². The first-order valence-corrected chi connectivity index (χ1v) is 11.8. The first kappa shape index (κ1) is 20.0. The number of para-hydroxylation sites is 1. The van der Waals surface area contributed by atoms with Gasteiger partial charge in [0.15, 0.2) is 6.61 Å². The van der Waals surface area contributed by atoms with Crippen LogP contribution < -0.4 is 15.0 Å².